The van der Waals surface area contributed by atoms with Crippen molar-refractivity contribution >= 4 is 23.3 Å². The van der Waals surface area contributed by atoms with E-state index in [1.165, 1.54) is 11.2 Å². The number of hydrogen-bond acceptors (Lipinski definition) is 7. The number of piperidine rings is 1. The first-order valence-electron chi connectivity index (χ1n) is 14.0. The number of carbonyl (C=O) groups is 2. The summed E-state index contributed by atoms with van der Waals surface area (Å²) in [5.74, 6) is -2.87. The molecule has 0 saturated carbocycles. The second-order valence-electron chi connectivity index (χ2n) is 12.1. The minimum atomic E-state index is -2.65. The summed E-state index contributed by atoms with van der Waals surface area (Å²) < 4.78 is 49.3. The Bertz CT molecular complexity index is 1490. The number of nitrogen functional groups attached to an aromatic ring is 1. The van der Waals surface area contributed by atoms with Crippen molar-refractivity contribution in [3.63, 3.8) is 0 Å². The molecular weight excluding hydrogens is 551 g/mol. The average molecular weight is 588 g/mol. The van der Waals surface area contributed by atoms with Crippen LogP contribution < -0.4 is 11.1 Å². The summed E-state index contributed by atoms with van der Waals surface area (Å²) in [5.41, 5.74) is 9.19. The summed E-state index contributed by atoms with van der Waals surface area (Å²) in [6.45, 7) is 7.69. The third kappa shape index (κ3) is 6.30. The normalized spacial score (nSPS) is 21.1. The molecular formula is C29H36F3N7O3. The van der Waals surface area contributed by atoms with Crippen molar-refractivity contribution in [2.24, 2.45) is 0 Å². The molecule has 0 unspecified atom stereocenters. The standard InChI is InChI=1S/C29H36F3N7O3/c1-17-5-6-18(11-20(17)26(40)36-22-15-38(14-21(22)30)27(41)42-28(2,3)4)23-12-19(24-25(33)34-16-35-39(23)24)13-37-9-7-29(31,32)8-10-37/h5-6,11-12,16,21-22H,7-10,13-15H2,1-4H3,(H,36,40)(H2,33,34,35)/t21-,22+/m0/s1. The number of nitrogens with two attached hydrogens (primary N) is 1. The Morgan fingerprint density at radius 3 is 2.57 bits per heavy atom. The van der Waals surface area contributed by atoms with Crippen molar-refractivity contribution in [1.29, 1.82) is 0 Å². The topological polar surface area (TPSA) is 118 Å². The lowest BCUT2D eigenvalue weighted by Crippen LogP contribution is -2.42. The van der Waals surface area contributed by atoms with Crippen LogP contribution in [0.4, 0.5) is 23.8 Å². The molecule has 0 spiro atoms. The molecule has 5 rings (SSSR count). The van der Waals surface area contributed by atoms with Crippen molar-refractivity contribution in [1.82, 2.24) is 29.7 Å². The van der Waals surface area contributed by atoms with Gasteiger partial charge in [-0.2, -0.15) is 5.10 Å². The fraction of sp³-hybridized carbons (Fsp3) is 0.517. The lowest BCUT2D eigenvalue weighted by atomic mass is 10.0. The Labute approximate surface area is 242 Å². The fourth-order valence-electron chi connectivity index (χ4n) is 5.40. The van der Waals surface area contributed by atoms with Crippen molar-refractivity contribution in [2.75, 3.05) is 31.9 Å². The van der Waals surface area contributed by atoms with Gasteiger partial charge in [0.15, 0.2) is 5.82 Å². The largest absolute Gasteiger partial charge is 0.444 e. The number of benzene rings is 1. The van der Waals surface area contributed by atoms with Crippen LogP contribution in [-0.2, 0) is 11.3 Å². The number of alkyl halides is 3. The van der Waals surface area contributed by atoms with E-state index in [2.05, 4.69) is 15.4 Å². The molecule has 2 aliphatic heterocycles. The molecule has 4 heterocycles. The number of amides is 2. The van der Waals surface area contributed by atoms with Crippen molar-refractivity contribution in [3.05, 3.63) is 47.3 Å². The van der Waals surface area contributed by atoms with Gasteiger partial charge in [0.05, 0.1) is 18.3 Å². The molecule has 0 radical (unpaired) electrons. The number of rotatable bonds is 5. The van der Waals surface area contributed by atoms with Crippen LogP contribution in [0.25, 0.3) is 16.8 Å². The molecule has 13 heteroatoms. The maximum absolute atomic E-state index is 14.9. The molecule has 0 aliphatic carbocycles. The van der Waals surface area contributed by atoms with Crippen LogP contribution in [0.2, 0.25) is 0 Å². The highest BCUT2D eigenvalue weighted by molar-refractivity contribution is 5.97. The number of carbonyl (C=O) groups excluding carboxylic acids is 2. The van der Waals surface area contributed by atoms with Gasteiger partial charge in [-0.05, 0) is 51.0 Å². The predicted octanol–water partition coefficient (Wildman–Crippen LogP) is 4.21. The van der Waals surface area contributed by atoms with E-state index < -0.39 is 35.7 Å². The summed E-state index contributed by atoms with van der Waals surface area (Å²) in [7, 11) is 0. The van der Waals surface area contributed by atoms with Crippen LogP contribution in [0, 0.1) is 6.92 Å². The summed E-state index contributed by atoms with van der Waals surface area (Å²) >= 11 is 0. The first kappa shape index (κ1) is 29.6. The van der Waals surface area contributed by atoms with Gasteiger partial charge in [0, 0.05) is 50.1 Å². The van der Waals surface area contributed by atoms with Gasteiger partial charge in [0.25, 0.3) is 11.8 Å². The lowest BCUT2D eigenvalue weighted by molar-refractivity contribution is -0.0565. The smallest absolute Gasteiger partial charge is 0.410 e. The number of aromatic nitrogens is 3. The number of nitrogens with one attached hydrogen (secondary N) is 1. The Kier molecular flexibility index (Phi) is 7.82. The van der Waals surface area contributed by atoms with Crippen LogP contribution in [0.3, 0.4) is 0 Å². The third-order valence-electron chi connectivity index (χ3n) is 7.64. The minimum absolute atomic E-state index is 0.00805. The Morgan fingerprint density at radius 2 is 1.88 bits per heavy atom. The van der Waals surface area contributed by atoms with E-state index in [0.717, 1.165) is 5.56 Å². The van der Waals surface area contributed by atoms with E-state index in [0.29, 0.717) is 34.4 Å². The Hall–Kier alpha value is -3.87. The van der Waals surface area contributed by atoms with E-state index in [-0.39, 0.29) is 44.8 Å². The average Bonchev–Trinajstić information content (AvgIpc) is 3.46. The number of ether oxygens (including phenoxy) is 1. The molecule has 2 saturated heterocycles. The molecule has 0 bridgehead atoms. The fourth-order valence-corrected chi connectivity index (χ4v) is 5.40. The minimum Gasteiger partial charge on any atom is -0.444 e. The zero-order valence-corrected chi connectivity index (χ0v) is 24.2. The summed E-state index contributed by atoms with van der Waals surface area (Å²) in [6, 6.07) is 6.32. The predicted molar refractivity (Wildman–Crippen MR) is 151 cm³/mol. The maximum Gasteiger partial charge on any atom is 0.410 e. The number of likely N-dealkylation sites (tertiary alicyclic amines) is 2. The van der Waals surface area contributed by atoms with Crippen molar-refractivity contribution in [2.45, 2.75) is 70.8 Å². The highest BCUT2D eigenvalue weighted by atomic mass is 19.3. The molecule has 2 atom stereocenters. The maximum atomic E-state index is 14.9. The van der Waals surface area contributed by atoms with Gasteiger partial charge in [-0.1, -0.05) is 12.1 Å². The van der Waals surface area contributed by atoms with Crippen molar-refractivity contribution in [3.8, 4) is 11.3 Å². The van der Waals surface area contributed by atoms with E-state index in [4.69, 9.17) is 10.5 Å². The second kappa shape index (κ2) is 11.1. The Balaban J connectivity index is 1.38. The van der Waals surface area contributed by atoms with Crippen LogP contribution in [0.15, 0.2) is 30.6 Å². The molecule has 3 N–H and O–H groups in total. The van der Waals surface area contributed by atoms with Crippen LogP contribution in [0.1, 0.15) is 55.1 Å². The zero-order chi connectivity index (χ0) is 30.4. The molecule has 2 amide bonds. The van der Waals surface area contributed by atoms with Crippen LogP contribution in [-0.4, -0.2) is 86.3 Å². The van der Waals surface area contributed by atoms with E-state index >= 15 is 0 Å². The number of halogens is 3. The molecule has 2 aliphatic rings. The van der Waals surface area contributed by atoms with E-state index in [1.807, 2.05) is 17.0 Å². The number of aryl methyl sites for hydroxylation is 1. The van der Waals surface area contributed by atoms with Gasteiger partial charge in [-0.25, -0.2) is 27.5 Å². The number of anilines is 1. The molecule has 1 aromatic carbocycles. The van der Waals surface area contributed by atoms with Crippen LogP contribution >= 0.6 is 0 Å². The first-order valence-corrected chi connectivity index (χ1v) is 14.0. The highest BCUT2D eigenvalue weighted by Crippen LogP contribution is 2.33. The van der Waals surface area contributed by atoms with Gasteiger partial charge < -0.3 is 20.7 Å². The lowest BCUT2D eigenvalue weighted by Gasteiger charge is -2.31. The number of hydrogen-bond donors (Lipinski definition) is 2. The zero-order valence-electron chi connectivity index (χ0n) is 24.2. The second-order valence-corrected chi connectivity index (χ2v) is 12.1. The quantitative estimate of drug-likeness (QED) is 0.459. The molecule has 226 valence electrons. The first-order chi connectivity index (χ1) is 19.7. The Morgan fingerprint density at radius 1 is 1.17 bits per heavy atom. The molecule has 3 aromatic rings. The van der Waals surface area contributed by atoms with Gasteiger partial charge >= 0.3 is 6.09 Å². The highest BCUT2D eigenvalue weighted by Gasteiger charge is 2.38. The third-order valence-corrected chi connectivity index (χ3v) is 7.64. The van der Waals surface area contributed by atoms with Gasteiger partial charge in [-0.3, -0.25) is 9.69 Å². The number of fused-ring (bicyclic) bond motifs is 1. The van der Waals surface area contributed by atoms with Gasteiger partial charge in [-0.15, -0.1) is 0 Å². The molecule has 2 fully saturated rings. The van der Waals surface area contributed by atoms with Gasteiger partial charge in [0.2, 0.25) is 0 Å². The number of nitrogens with zero attached hydrogens (tertiary/aromatic N) is 5. The summed E-state index contributed by atoms with van der Waals surface area (Å²) in [5, 5.41) is 7.12. The SMILES string of the molecule is Cc1ccc(-c2cc(CN3CCC(F)(F)CC3)c3c(N)ncnn23)cc1C(=O)N[C@@H]1CN(C(=O)OC(C)(C)C)C[C@@H]1F. The molecule has 2 aromatic heterocycles. The summed E-state index contributed by atoms with van der Waals surface area (Å²) in [6.07, 6.45) is -1.15. The molecule has 42 heavy (non-hydrogen) atoms. The van der Waals surface area contributed by atoms with E-state index in [1.54, 1.807) is 44.3 Å². The summed E-state index contributed by atoms with van der Waals surface area (Å²) in [4.78, 5) is 33.1. The van der Waals surface area contributed by atoms with Crippen LogP contribution in [0.5, 0.6) is 0 Å². The monoisotopic (exact) mass is 587 g/mol. The van der Waals surface area contributed by atoms with Gasteiger partial charge in [0.1, 0.15) is 23.6 Å². The van der Waals surface area contributed by atoms with Crippen molar-refractivity contribution < 1.29 is 27.5 Å². The molecule has 10 nitrogen and oxygen atoms in total. The van der Waals surface area contributed by atoms with E-state index in [9.17, 15) is 22.8 Å².